The summed E-state index contributed by atoms with van der Waals surface area (Å²) < 4.78 is 32.6. The molecular weight excluding hydrogens is 266 g/mol. The first-order chi connectivity index (χ1) is 8.76. The number of nitrogens with zero attached hydrogens (tertiary/aromatic N) is 3. The van der Waals surface area contributed by atoms with Gasteiger partial charge in [0.2, 0.25) is 10.0 Å². The fourth-order valence-electron chi connectivity index (χ4n) is 1.82. The zero-order valence-electron chi connectivity index (χ0n) is 12.2. The fourth-order valence-corrected chi connectivity index (χ4v) is 3.17. The normalized spacial score (nSPS) is 13.8. The van der Waals surface area contributed by atoms with Crippen LogP contribution in [0.2, 0.25) is 0 Å². The van der Waals surface area contributed by atoms with Crippen LogP contribution in [0.15, 0.2) is 12.3 Å². The molecule has 0 fully saturated rings. The summed E-state index contributed by atoms with van der Waals surface area (Å²) in [5, 5.41) is 4.09. The van der Waals surface area contributed by atoms with E-state index >= 15 is 0 Å². The van der Waals surface area contributed by atoms with Crippen LogP contribution in [0.5, 0.6) is 0 Å². The van der Waals surface area contributed by atoms with Crippen LogP contribution >= 0.6 is 0 Å². The maximum Gasteiger partial charge on any atom is 0.238 e. The molecule has 0 saturated heterocycles. The average molecular weight is 289 g/mol. The number of hydrogen-bond acceptors (Lipinski definition) is 4. The maximum absolute atomic E-state index is 12.3. The molecule has 0 saturated carbocycles. The molecule has 1 rings (SSSR count). The molecule has 6 nitrogen and oxygen atoms in total. The van der Waals surface area contributed by atoms with Gasteiger partial charge >= 0.3 is 0 Å². The Bertz CT molecular complexity index is 496. The third kappa shape index (κ3) is 4.50. The summed E-state index contributed by atoms with van der Waals surface area (Å²) in [4.78, 5) is 0. The lowest BCUT2D eigenvalue weighted by molar-refractivity contribution is 0.102. The Labute approximate surface area is 115 Å². The SMILES string of the molecule is COC(CC(C)C)CS(=O)(=O)N(C)c1ccn(C)n1. The first kappa shape index (κ1) is 16.0. The fraction of sp³-hybridized carbons (Fsp3) is 0.750. The summed E-state index contributed by atoms with van der Waals surface area (Å²) in [6.07, 6.45) is 2.13. The highest BCUT2D eigenvalue weighted by molar-refractivity contribution is 7.92. The minimum atomic E-state index is -3.42. The van der Waals surface area contributed by atoms with E-state index in [1.807, 2.05) is 13.8 Å². The quantitative estimate of drug-likeness (QED) is 0.758. The summed E-state index contributed by atoms with van der Waals surface area (Å²) >= 11 is 0. The van der Waals surface area contributed by atoms with Crippen molar-refractivity contribution in [3.63, 3.8) is 0 Å². The van der Waals surface area contributed by atoms with Crippen molar-refractivity contribution in [1.29, 1.82) is 0 Å². The van der Waals surface area contributed by atoms with Crippen molar-refractivity contribution in [3.8, 4) is 0 Å². The van der Waals surface area contributed by atoms with Crippen LogP contribution in [0.4, 0.5) is 5.82 Å². The molecule has 0 amide bonds. The van der Waals surface area contributed by atoms with Crippen LogP contribution in [-0.4, -0.2) is 44.2 Å². The molecule has 0 bridgehead atoms. The predicted octanol–water partition coefficient (Wildman–Crippen LogP) is 1.25. The average Bonchev–Trinajstić information content (AvgIpc) is 2.72. The van der Waals surface area contributed by atoms with E-state index in [0.717, 1.165) is 0 Å². The highest BCUT2D eigenvalue weighted by atomic mass is 32.2. The van der Waals surface area contributed by atoms with E-state index in [-0.39, 0.29) is 11.9 Å². The van der Waals surface area contributed by atoms with Crippen LogP contribution in [0.1, 0.15) is 20.3 Å². The third-order valence-corrected chi connectivity index (χ3v) is 4.72. The van der Waals surface area contributed by atoms with Gasteiger partial charge in [-0.3, -0.25) is 8.99 Å². The van der Waals surface area contributed by atoms with Gasteiger partial charge in [0, 0.05) is 33.5 Å². The first-order valence-electron chi connectivity index (χ1n) is 6.25. The lowest BCUT2D eigenvalue weighted by Crippen LogP contribution is -2.35. The molecule has 0 radical (unpaired) electrons. The van der Waals surface area contributed by atoms with E-state index in [1.54, 1.807) is 31.1 Å². The van der Waals surface area contributed by atoms with Gasteiger partial charge in [0.1, 0.15) is 0 Å². The summed E-state index contributed by atoms with van der Waals surface area (Å²) in [6.45, 7) is 4.09. The molecule has 19 heavy (non-hydrogen) atoms. The third-order valence-electron chi connectivity index (χ3n) is 2.90. The highest BCUT2D eigenvalue weighted by Crippen LogP contribution is 2.16. The minimum Gasteiger partial charge on any atom is -0.380 e. The van der Waals surface area contributed by atoms with Gasteiger partial charge in [-0.25, -0.2) is 8.42 Å². The molecule has 1 unspecified atom stereocenters. The Balaban J connectivity index is 2.79. The van der Waals surface area contributed by atoms with E-state index < -0.39 is 10.0 Å². The molecule has 0 spiro atoms. The van der Waals surface area contributed by atoms with Crippen LogP contribution < -0.4 is 4.31 Å². The number of anilines is 1. The van der Waals surface area contributed by atoms with Gasteiger partial charge in [0.05, 0.1) is 11.9 Å². The van der Waals surface area contributed by atoms with Crippen LogP contribution in [0, 0.1) is 5.92 Å². The van der Waals surface area contributed by atoms with E-state index in [0.29, 0.717) is 18.2 Å². The van der Waals surface area contributed by atoms with E-state index in [9.17, 15) is 8.42 Å². The molecule has 1 aromatic rings. The molecule has 0 N–H and O–H groups in total. The number of hydrogen-bond donors (Lipinski definition) is 0. The van der Waals surface area contributed by atoms with Gasteiger partial charge in [-0.15, -0.1) is 0 Å². The Morgan fingerprint density at radius 1 is 1.47 bits per heavy atom. The summed E-state index contributed by atoms with van der Waals surface area (Å²) in [7, 11) is 1.38. The topological polar surface area (TPSA) is 64.4 Å². The van der Waals surface area contributed by atoms with E-state index in [1.165, 1.54) is 11.4 Å². The lowest BCUT2D eigenvalue weighted by Gasteiger charge is -2.22. The number of methoxy groups -OCH3 is 1. The van der Waals surface area contributed by atoms with Crippen molar-refractivity contribution in [2.24, 2.45) is 13.0 Å². The zero-order chi connectivity index (χ0) is 14.6. The first-order valence-corrected chi connectivity index (χ1v) is 7.86. The maximum atomic E-state index is 12.3. The molecule has 1 heterocycles. The summed E-state index contributed by atoms with van der Waals surface area (Å²) in [5.41, 5.74) is 0. The zero-order valence-corrected chi connectivity index (χ0v) is 13.0. The monoisotopic (exact) mass is 289 g/mol. The van der Waals surface area contributed by atoms with Gasteiger partial charge in [0.25, 0.3) is 0 Å². The number of aromatic nitrogens is 2. The second-order valence-corrected chi connectivity index (χ2v) is 7.13. The molecule has 0 aliphatic carbocycles. The molecule has 0 aliphatic rings. The molecule has 110 valence electrons. The Kier molecular flexibility index (Phi) is 5.37. The molecule has 1 atom stereocenters. The minimum absolute atomic E-state index is 0.0330. The molecule has 0 aliphatic heterocycles. The molecule has 1 aromatic heterocycles. The Morgan fingerprint density at radius 3 is 2.53 bits per heavy atom. The van der Waals surface area contributed by atoms with Gasteiger partial charge in [-0.2, -0.15) is 5.10 Å². The molecule has 0 aromatic carbocycles. The molecular formula is C12H23N3O3S. The number of aryl methyl sites for hydroxylation is 1. The van der Waals surface area contributed by atoms with Gasteiger partial charge in [-0.1, -0.05) is 13.8 Å². The Morgan fingerprint density at radius 2 is 2.11 bits per heavy atom. The van der Waals surface area contributed by atoms with Crippen LogP contribution in [-0.2, 0) is 21.8 Å². The Hall–Kier alpha value is -1.08. The number of ether oxygens (including phenoxy) is 1. The van der Waals surface area contributed by atoms with Crippen molar-refractivity contribution in [2.45, 2.75) is 26.4 Å². The van der Waals surface area contributed by atoms with Gasteiger partial charge < -0.3 is 4.74 Å². The van der Waals surface area contributed by atoms with Crippen molar-refractivity contribution < 1.29 is 13.2 Å². The van der Waals surface area contributed by atoms with E-state index in [4.69, 9.17) is 4.74 Å². The largest absolute Gasteiger partial charge is 0.380 e. The van der Waals surface area contributed by atoms with Crippen LogP contribution in [0.25, 0.3) is 0 Å². The summed E-state index contributed by atoms with van der Waals surface area (Å²) in [5.74, 6) is 0.775. The standard InChI is InChI=1S/C12H23N3O3S/c1-10(2)8-11(18-5)9-19(16,17)15(4)12-6-7-14(3)13-12/h6-7,10-11H,8-9H2,1-5H3. The second-order valence-electron chi connectivity index (χ2n) is 5.08. The van der Waals surface area contributed by atoms with E-state index in [2.05, 4.69) is 5.10 Å². The van der Waals surface area contributed by atoms with Crippen molar-refractivity contribution in [2.75, 3.05) is 24.2 Å². The lowest BCUT2D eigenvalue weighted by atomic mass is 10.1. The van der Waals surface area contributed by atoms with Crippen molar-refractivity contribution in [3.05, 3.63) is 12.3 Å². The predicted molar refractivity (Wildman–Crippen MR) is 75.6 cm³/mol. The van der Waals surface area contributed by atoms with Gasteiger partial charge in [0.15, 0.2) is 5.82 Å². The smallest absolute Gasteiger partial charge is 0.238 e. The summed E-state index contributed by atoms with van der Waals surface area (Å²) in [6, 6.07) is 1.67. The second kappa shape index (κ2) is 6.38. The van der Waals surface area contributed by atoms with Crippen LogP contribution in [0.3, 0.4) is 0 Å². The number of rotatable bonds is 7. The molecule has 7 heteroatoms. The highest BCUT2D eigenvalue weighted by Gasteiger charge is 2.25. The van der Waals surface area contributed by atoms with Gasteiger partial charge in [-0.05, 0) is 12.3 Å². The van der Waals surface area contributed by atoms with Crippen molar-refractivity contribution >= 4 is 15.8 Å². The number of sulfonamides is 1. The van der Waals surface area contributed by atoms with Crippen molar-refractivity contribution in [1.82, 2.24) is 9.78 Å².